The van der Waals surface area contributed by atoms with Crippen molar-refractivity contribution in [2.24, 2.45) is 0 Å². The number of ether oxygens (including phenoxy) is 1. The van der Waals surface area contributed by atoms with Gasteiger partial charge in [-0.15, -0.1) is 0 Å². The molecule has 1 rings (SSSR count). The lowest BCUT2D eigenvalue weighted by molar-refractivity contribution is 0.306. The summed E-state index contributed by atoms with van der Waals surface area (Å²) in [4.78, 5) is 0. The summed E-state index contributed by atoms with van der Waals surface area (Å²) in [5.74, 6) is 0.992. The molecule has 0 amide bonds. The second-order valence-electron chi connectivity index (χ2n) is 4.86. The number of unbranched alkanes of at least 4 members (excludes halogenated alkanes) is 2. The Balaban J connectivity index is 2.33. The van der Waals surface area contributed by atoms with Crippen molar-refractivity contribution >= 4 is 0 Å². The van der Waals surface area contributed by atoms with E-state index in [1.807, 2.05) is 0 Å². The molecule has 0 aromatic heterocycles. The molecule has 0 spiro atoms. The molecule has 1 unspecified atom stereocenters. The van der Waals surface area contributed by atoms with Gasteiger partial charge in [0, 0.05) is 6.04 Å². The van der Waals surface area contributed by atoms with Crippen molar-refractivity contribution in [2.75, 3.05) is 13.2 Å². The molecule has 0 aliphatic carbocycles. The largest absolute Gasteiger partial charge is 0.494 e. The molecule has 18 heavy (non-hydrogen) atoms. The van der Waals surface area contributed by atoms with Crippen molar-refractivity contribution in [2.45, 2.75) is 52.5 Å². The van der Waals surface area contributed by atoms with E-state index in [0.29, 0.717) is 6.04 Å². The first kappa shape index (κ1) is 15.0. The normalized spacial score (nSPS) is 12.4. The van der Waals surface area contributed by atoms with Crippen molar-refractivity contribution in [1.29, 1.82) is 0 Å². The van der Waals surface area contributed by atoms with Crippen LogP contribution in [0.2, 0.25) is 0 Å². The second-order valence-corrected chi connectivity index (χ2v) is 4.86. The van der Waals surface area contributed by atoms with Crippen molar-refractivity contribution in [3.05, 3.63) is 29.8 Å². The van der Waals surface area contributed by atoms with Crippen LogP contribution in [0.15, 0.2) is 24.3 Å². The lowest BCUT2D eigenvalue weighted by Gasteiger charge is -2.12. The van der Waals surface area contributed by atoms with E-state index in [9.17, 15) is 0 Å². The molecule has 0 fully saturated rings. The van der Waals surface area contributed by atoms with Crippen LogP contribution in [0.3, 0.4) is 0 Å². The molecule has 0 aliphatic rings. The van der Waals surface area contributed by atoms with Gasteiger partial charge in [0.2, 0.25) is 0 Å². The molecule has 2 nitrogen and oxygen atoms in total. The molecule has 1 aromatic rings. The van der Waals surface area contributed by atoms with Crippen LogP contribution in [0.1, 0.15) is 45.6 Å². The summed E-state index contributed by atoms with van der Waals surface area (Å²) < 4.78 is 5.70. The van der Waals surface area contributed by atoms with Crippen molar-refractivity contribution in [1.82, 2.24) is 5.32 Å². The van der Waals surface area contributed by atoms with E-state index in [2.05, 4.69) is 50.4 Å². The van der Waals surface area contributed by atoms with Crippen LogP contribution in [-0.2, 0) is 6.42 Å². The quantitative estimate of drug-likeness (QED) is 0.672. The SMILES string of the molecule is CCCCCOc1ccc(CC(C)NCC)cc1. The van der Waals surface area contributed by atoms with Gasteiger partial charge in [-0.05, 0) is 44.0 Å². The molecule has 0 radical (unpaired) electrons. The van der Waals surface area contributed by atoms with Gasteiger partial charge in [0.15, 0.2) is 0 Å². The van der Waals surface area contributed by atoms with E-state index in [1.54, 1.807) is 0 Å². The molecule has 0 bridgehead atoms. The van der Waals surface area contributed by atoms with Crippen LogP contribution in [0.25, 0.3) is 0 Å². The third-order valence-corrected chi connectivity index (χ3v) is 3.03. The predicted octanol–water partition coefficient (Wildman–Crippen LogP) is 3.80. The van der Waals surface area contributed by atoms with Crippen molar-refractivity contribution in [3.63, 3.8) is 0 Å². The van der Waals surface area contributed by atoms with E-state index in [1.165, 1.54) is 18.4 Å². The van der Waals surface area contributed by atoms with Gasteiger partial charge in [0.1, 0.15) is 5.75 Å². The summed E-state index contributed by atoms with van der Waals surface area (Å²) in [7, 11) is 0. The van der Waals surface area contributed by atoms with E-state index >= 15 is 0 Å². The van der Waals surface area contributed by atoms with Gasteiger partial charge in [-0.2, -0.15) is 0 Å². The average Bonchev–Trinajstić information content (AvgIpc) is 2.37. The van der Waals surface area contributed by atoms with Gasteiger partial charge in [-0.1, -0.05) is 38.8 Å². The zero-order chi connectivity index (χ0) is 13.2. The number of benzene rings is 1. The number of hydrogen-bond donors (Lipinski definition) is 1. The maximum absolute atomic E-state index is 5.70. The molecule has 0 heterocycles. The van der Waals surface area contributed by atoms with Crippen LogP contribution in [-0.4, -0.2) is 19.2 Å². The minimum absolute atomic E-state index is 0.534. The smallest absolute Gasteiger partial charge is 0.119 e. The maximum Gasteiger partial charge on any atom is 0.119 e. The minimum Gasteiger partial charge on any atom is -0.494 e. The standard InChI is InChI=1S/C16H27NO/c1-4-6-7-12-18-16-10-8-15(9-11-16)13-14(3)17-5-2/h8-11,14,17H,4-7,12-13H2,1-3H3. The molecule has 0 aliphatic heterocycles. The van der Waals surface area contributed by atoms with Gasteiger partial charge in [-0.3, -0.25) is 0 Å². The van der Waals surface area contributed by atoms with E-state index in [0.717, 1.165) is 31.7 Å². The lowest BCUT2D eigenvalue weighted by Crippen LogP contribution is -2.27. The van der Waals surface area contributed by atoms with Gasteiger partial charge in [-0.25, -0.2) is 0 Å². The summed E-state index contributed by atoms with van der Waals surface area (Å²) >= 11 is 0. The third kappa shape index (κ3) is 6.06. The zero-order valence-electron chi connectivity index (χ0n) is 12.0. The van der Waals surface area contributed by atoms with Crippen LogP contribution in [0.4, 0.5) is 0 Å². The van der Waals surface area contributed by atoms with E-state index < -0.39 is 0 Å². The topological polar surface area (TPSA) is 21.3 Å². The highest BCUT2D eigenvalue weighted by molar-refractivity contribution is 5.27. The van der Waals surface area contributed by atoms with Crippen LogP contribution in [0.5, 0.6) is 5.75 Å². The third-order valence-electron chi connectivity index (χ3n) is 3.03. The molecule has 0 saturated carbocycles. The Hall–Kier alpha value is -1.02. The first-order valence-corrected chi connectivity index (χ1v) is 7.21. The number of rotatable bonds is 9. The molecule has 2 heteroatoms. The molecule has 102 valence electrons. The summed E-state index contributed by atoms with van der Waals surface area (Å²) in [5.41, 5.74) is 1.37. The van der Waals surface area contributed by atoms with Crippen molar-refractivity contribution in [3.8, 4) is 5.75 Å². The molecule has 1 aromatic carbocycles. The van der Waals surface area contributed by atoms with Crippen LogP contribution >= 0.6 is 0 Å². The Bertz CT molecular complexity index is 307. The summed E-state index contributed by atoms with van der Waals surface area (Å²) in [5, 5.41) is 3.43. The number of nitrogens with one attached hydrogen (secondary N) is 1. The van der Waals surface area contributed by atoms with Gasteiger partial charge in [0.25, 0.3) is 0 Å². The average molecular weight is 249 g/mol. The highest BCUT2D eigenvalue weighted by Gasteiger charge is 2.02. The van der Waals surface area contributed by atoms with Crippen LogP contribution < -0.4 is 10.1 Å². The summed E-state index contributed by atoms with van der Waals surface area (Å²) in [6.07, 6.45) is 4.71. The molecule has 0 saturated heterocycles. The Kier molecular flexibility index (Phi) is 7.51. The zero-order valence-corrected chi connectivity index (χ0v) is 12.0. The first-order valence-electron chi connectivity index (χ1n) is 7.21. The Morgan fingerprint density at radius 1 is 1.11 bits per heavy atom. The number of hydrogen-bond acceptors (Lipinski definition) is 2. The highest BCUT2D eigenvalue weighted by atomic mass is 16.5. The molecule has 1 N–H and O–H groups in total. The van der Waals surface area contributed by atoms with Gasteiger partial charge >= 0.3 is 0 Å². The van der Waals surface area contributed by atoms with Gasteiger partial charge < -0.3 is 10.1 Å². The maximum atomic E-state index is 5.70. The monoisotopic (exact) mass is 249 g/mol. The Morgan fingerprint density at radius 2 is 1.83 bits per heavy atom. The number of likely N-dealkylation sites (N-methyl/N-ethyl adjacent to an activating group) is 1. The van der Waals surface area contributed by atoms with E-state index in [-0.39, 0.29) is 0 Å². The lowest BCUT2D eigenvalue weighted by atomic mass is 10.1. The fraction of sp³-hybridized carbons (Fsp3) is 0.625. The first-order chi connectivity index (χ1) is 8.76. The minimum atomic E-state index is 0.534. The van der Waals surface area contributed by atoms with Crippen LogP contribution in [0, 0.1) is 0 Å². The summed E-state index contributed by atoms with van der Waals surface area (Å²) in [6.45, 7) is 8.43. The molecular formula is C16H27NO. The molecular weight excluding hydrogens is 222 g/mol. The Morgan fingerprint density at radius 3 is 2.44 bits per heavy atom. The highest BCUT2D eigenvalue weighted by Crippen LogP contribution is 2.14. The Labute approximate surface area is 112 Å². The second kappa shape index (κ2) is 8.98. The van der Waals surface area contributed by atoms with Gasteiger partial charge in [0.05, 0.1) is 6.61 Å². The fourth-order valence-electron chi connectivity index (χ4n) is 2.04. The fourth-order valence-corrected chi connectivity index (χ4v) is 2.04. The van der Waals surface area contributed by atoms with Crippen molar-refractivity contribution < 1.29 is 4.74 Å². The predicted molar refractivity (Wildman–Crippen MR) is 78.3 cm³/mol. The summed E-state index contributed by atoms with van der Waals surface area (Å²) in [6, 6.07) is 9.04. The van der Waals surface area contributed by atoms with E-state index in [4.69, 9.17) is 4.74 Å². The molecule has 1 atom stereocenters.